The molecule has 2 aromatic heterocycles. The summed E-state index contributed by atoms with van der Waals surface area (Å²) in [6.45, 7) is 0. The summed E-state index contributed by atoms with van der Waals surface area (Å²) >= 11 is 0. The van der Waals surface area contributed by atoms with Gasteiger partial charge in [0.1, 0.15) is 0 Å². The average molecular weight is 611 g/mol. The zero-order valence-electron chi connectivity index (χ0n) is 25.8. The minimum absolute atomic E-state index is 0.560. The number of hydrogen-bond acceptors (Lipinski definition) is 2. The van der Waals surface area contributed by atoms with Crippen LogP contribution in [-0.2, 0) is 0 Å². The number of fused-ring (bicyclic) bond motifs is 6. The number of para-hydroxylation sites is 4. The molecule has 0 aliphatic heterocycles. The first kappa shape index (κ1) is 27.4. The van der Waals surface area contributed by atoms with Crippen molar-refractivity contribution < 1.29 is 0 Å². The molecule has 48 heavy (non-hydrogen) atoms. The number of hydrogen-bond donors (Lipinski definition) is 0. The zero-order valence-corrected chi connectivity index (χ0v) is 25.8. The Morgan fingerprint density at radius 1 is 0.375 bits per heavy atom. The molecule has 9 aromatic rings. The van der Waals surface area contributed by atoms with Gasteiger partial charge in [-0.15, -0.1) is 0 Å². The normalized spacial score (nSPS) is 11.3. The van der Waals surface area contributed by atoms with E-state index in [1.807, 2.05) is 36.4 Å². The molecule has 4 nitrogen and oxygen atoms in total. The molecule has 0 amide bonds. The van der Waals surface area contributed by atoms with E-state index >= 15 is 0 Å². The van der Waals surface area contributed by atoms with Gasteiger partial charge < -0.3 is 9.13 Å². The van der Waals surface area contributed by atoms with E-state index in [9.17, 15) is 10.5 Å². The fourth-order valence-corrected chi connectivity index (χ4v) is 7.28. The molecule has 222 valence electrons. The molecular formula is C44H26N4. The van der Waals surface area contributed by atoms with E-state index in [0.717, 1.165) is 66.5 Å². The number of nitrogens with zero attached hydrogens (tertiary/aromatic N) is 4. The van der Waals surface area contributed by atoms with E-state index in [1.165, 1.54) is 10.8 Å². The van der Waals surface area contributed by atoms with Gasteiger partial charge in [-0.05, 0) is 83.4 Å². The van der Waals surface area contributed by atoms with Gasteiger partial charge in [0.25, 0.3) is 0 Å². The Kier molecular flexibility index (Phi) is 6.22. The van der Waals surface area contributed by atoms with Gasteiger partial charge in [0, 0.05) is 32.8 Å². The minimum Gasteiger partial charge on any atom is -0.309 e. The number of aromatic nitrogens is 2. The molecular weight excluding hydrogens is 585 g/mol. The Labute approximate surface area is 277 Å². The molecule has 0 radical (unpaired) electrons. The lowest BCUT2D eigenvalue weighted by molar-refractivity contribution is 1.18. The first-order valence-corrected chi connectivity index (χ1v) is 15.9. The van der Waals surface area contributed by atoms with Crippen LogP contribution < -0.4 is 0 Å². The predicted molar refractivity (Wildman–Crippen MR) is 195 cm³/mol. The fraction of sp³-hybridized carbons (Fsp3) is 0. The summed E-state index contributed by atoms with van der Waals surface area (Å²) in [6, 6.07) is 58.9. The average Bonchev–Trinajstić information content (AvgIpc) is 3.67. The van der Waals surface area contributed by atoms with E-state index in [2.05, 4.69) is 143 Å². The van der Waals surface area contributed by atoms with Gasteiger partial charge >= 0.3 is 0 Å². The van der Waals surface area contributed by atoms with Crippen LogP contribution in [0, 0.1) is 22.7 Å². The molecule has 0 atom stereocenters. The van der Waals surface area contributed by atoms with Crippen LogP contribution >= 0.6 is 0 Å². The minimum atomic E-state index is 0.560. The highest BCUT2D eigenvalue weighted by molar-refractivity contribution is 6.10. The quantitative estimate of drug-likeness (QED) is 0.199. The van der Waals surface area contributed by atoms with E-state index < -0.39 is 0 Å². The molecule has 0 aliphatic carbocycles. The van der Waals surface area contributed by atoms with Crippen LogP contribution in [0.15, 0.2) is 158 Å². The Bertz CT molecular complexity index is 2690. The lowest BCUT2D eigenvalue weighted by Gasteiger charge is -2.18. The first-order valence-electron chi connectivity index (χ1n) is 15.9. The first-order chi connectivity index (χ1) is 23.7. The van der Waals surface area contributed by atoms with Gasteiger partial charge in [-0.1, -0.05) is 91.0 Å². The smallest absolute Gasteiger partial charge is 0.0991 e. The van der Waals surface area contributed by atoms with Crippen molar-refractivity contribution in [3.8, 4) is 45.8 Å². The van der Waals surface area contributed by atoms with Crippen LogP contribution in [0.5, 0.6) is 0 Å². The predicted octanol–water partition coefficient (Wildman–Crippen LogP) is 11.0. The molecule has 0 bridgehead atoms. The molecule has 0 aliphatic rings. The SMILES string of the molecule is N#Cc1ccc(-c2ccc(-n3c4ccccc4c4ccccc43)cc2)c(-c2cc(C#N)ccc2-n2c3ccccc3c3ccccc32)c1. The molecule has 0 fully saturated rings. The summed E-state index contributed by atoms with van der Waals surface area (Å²) in [6.07, 6.45) is 0. The van der Waals surface area contributed by atoms with Gasteiger partial charge in [-0.3, -0.25) is 0 Å². The van der Waals surface area contributed by atoms with Crippen molar-refractivity contribution in [3.05, 3.63) is 169 Å². The third-order valence-corrected chi connectivity index (χ3v) is 9.40. The maximum atomic E-state index is 10.0. The van der Waals surface area contributed by atoms with Crippen molar-refractivity contribution in [2.75, 3.05) is 0 Å². The standard InChI is InChI=1S/C44H26N4/c45-27-29-17-23-33(31-19-21-32(22-20-31)47-40-13-5-1-9-34(40)35-10-2-6-14-41(35)47)38(25-29)39-26-30(28-46)18-24-44(39)48-42-15-7-3-11-36(42)37-12-4-8-16-43(37)48/h1-26H. The summed E-state index contributed by atoms with van der Waals surface area (Å²) in [4.78, 5) is 0. The van der Waals surface area contributed by atoms with Crippen molar-refractivity contribution in [1.29, 1.82) is 10.5 Å². The highest BCUT2D eigenvalue weighted by Gasteiger charge is 2.19. The van der Waals surface area contributed by atoms with Crippen LogP contribution in [0.3, 0.4) is 0 Å². The summed E-state index contributed by atoms with van der Waals surface area (Å²) < 4.78 is 4.58. The second kappa shape index (κ2) is 10.9. The summed E-state index contributed by atoms with van der Waals surface area (Å²) in [5.74, 6) is 0. The summed E-state index contributed by atoms with van der Waals surface area (Å²) in [5, 5.41) is 24.8. The Morgan fingerprint density at radius 2 is 0.812 bits per heavy atom. The van der Waals surface area contributed by atoms with Crippen molar-refractivity contribution in [1.82, 2.24) is 9.13 Å². The lowest BCUT2D eigenvalue weighted by Crippen LogP contribution is -1.99. The topological polar surface area (TPSA) is 57.4 Å². The largest absolute Gasteiger partial charge is 0.309 e. The molecule has 4 heteroatoms. The number of rotatable bonds is 4. The third-order valence-electron chi connectivity index (χ3n) is 9.40. The van der Waals surface area contributed by atoms with Crippen molar-refractivity contribution in [3.63, 3.8) is 0 Å². The van der Waals surface area contributed by atoms with Crippen LogP contribution in [-0.4, -0.2) is 9.13 Å². The maximum Gasteiger partial charge on any atom is 0.0991 e. The molecule has 2 heterocycles. The monoisotopic (exact) mass is 610 g/mol. The number of nitriles is 2. The molecule has 7 aromatic carbocycles. The Morgan fingerprint density at radius 3 is 1.31 bits per heavy atom. The second-order valence-corrected chi connectivity index (χ2v) is 12.0. The molecule has 0 unspecified atom stereocenters. The zero-order chi connectivity index (χ0) is 32.2. The van der Waals surface area contributed by atoms with E-state index in [4.69, 9.17) is 0 Å². The highest BCUT2D eigenvalue weighted by atomic mass is 15.0. The molecule has 9 rings (SSSR count). The Balaban J connectivity index is 1.26. The highest BCUT2D eigenvalue weighted by Crippen LogP contribution is 2.41. The van der Waals surface area contributed by atoms with E-state index in [-0.39, 0.29) is 0 Å². The third kappa shape index (κ3) is 4.14. The molecule has 0 spiro atoms. The van der Waals surface area contributed by atoms with Crippen molar-refractivity contribution in [2.24, 2.45) is 0 Å². The summed E-state index contributed by atoms with van der Waals surface area (Å²) in [5.41, 5.74) is 11.4. The van der Waals surface area contributed by atoms with Gasteiger partial charge in [-0.2, -0.15) is 10.5 Å². The van der Waals surface area contributed by atoms with Gasteiger partial charge in [0.2, 0.25) is 0 Å². The van der Waals surface area contributed by atoms with E-state index in [1.54, 1.807) is 0 Å². The summed E-state index contributed by atoms with van der Waals surface area (Å²) in [7, 11) is 0. The van der Waals surface area contributed by atoms with Gasteiger partial charge in [-0.25, -0.2) is 0 Å². The van der Waals surface area contributed by atoms with E-state index in [0.29, 0.717) is 11.1 Å². The van der Waals surface area contributed by atoms with Crippen LogP contribution in [0.25, 0.3) is 77.2 Å². The van der Waals surface area contributed by atoms with Gasteiger partial charge in [0.15, 0.2) is 0 Å². The van der Waals surface area contributed by atoms with Crippen molar-refractivity contribution in [2.45, 2.75) is 0 Å². The second-order valence-electron chi connectivity index (χ2n) is 12.0. The molecule has 0 N–H and O–H groups in total. The van der Waals surface area contributed by atoms with Gasteiger partial charge in [0.05, 0.1) is 51.0 Å². The number of benzene rings is 7. The van der Waals surface area contributed by atoms with Crippen LogP contribution in [0.4, 0.5) is 0 Å². The van der Waals surface area contributed by atoms with Crippen molar-refractivity contribution >= 4 is 43.6 Å². The van der Waals surface area contributed by atoms with Crippen LogP contribution in [0.2, 0.25) is 0 Å². The maximum absolute atomic E-state index is 10.0. The Hall–Kier alpha value is -6.88. The fourth-order valence-electron chi connectivity index (χ4n) is 7.28. The molecule has 0 saturated carbocycles. The lowest BCUT2D eigenvalue weighted by atomic mass is 9.91. The van der Waals surface area contributed by atoms with Crippen LogP contribution in [0.1, 0.15) is 11.1 Å². The molecule has 0 saturated heterocycles.